The van der Waals surface area contributed by atoms with Gasteiger partial charge in [-0.2, -0.15) is 0 Å². The van der Waals surface area contributed by atoms with E-state index in [0.29, 0.717) is 0 Å². The standard InChI is InChI=1S/C15H23NO/c1-2-15(17)16-10-8-14(9-11-16)12-13-6-4-3-5-7-13/h3-7,14-15,17H,2,8-12H2,1H3. The van der Waals surface area contributed by atoms with E-state index in [-0.39, 0.29) is 6.23 Å². The fraction of sp³-hybridized carbons (Fsp3) is 0.600. The Morgan fingerprint density at radius 2 is 1.88 bits per heavy atom. The van der Waals surface area contributed by atoms with Gasteiger partial charge in [-0.05, 0) is 37.2 Å². The van der Waals surface area contributed by atoms with Crippen LogP contribution in [0.3, 0.4) is 0 Å². The van der Waals surface area contributed by atoms with Crippen LogP contribution in [0.2, 0.25) is 0 Å². The highest BCUT2D eigenvalue weighted by Gasteiger charge is 2.22. The molecule has 2 heteroatoms. The Bertz CT molecular complexity index is 317. The first-order valence-electron chi connectivity index (χ1n) is 6.75. The Balaban J connectivity index is 1.80. The van der Waals surface area contributed by atoms with E-state index in [1.54, 1.807) is 0 Å². The van der Waals surface area contributed by atoms with Crippen molar-refractivity contribution in [3.8, 4) is 0 Å². The highest BCUT2D eigenvalue weighted by molar-refractivity contribution is 5.15. The van der Waals surface area contributed by atoms with Crippen molar-refractivity contribution in [2.24, 2.45) is 5.92 Å². The van der Waals surface area contributed by atoms with Crippen LogP contribution in [0.25, 0.3) is 0 Å². The predicted molar refractivity (Wildman–Crippen MR) is 70.7 cm³/mol. The third-order valence-corrected chi connectivity index (χ3v) is 3.80. The van der Waals surface area contributed by atoms with Crippen molar-refractivity contribution in [1.82, 2.24) is 4.90 Å². The van der Waals surface area contributed by atoms with Gasteiger partial charge in [0, 0.05) is 13.1 Å². The lowest BCUT2D eigenvalue weighted by molar-refractivity contribution is -0.0186. The first kappa shape index (κ1) is 12.6. The molecular formula is C15H23NO. The van der Waals surface area contributed by atoms with E-state index < -0.39 is 0 Å². The van der Waals surface area contributed by atoms with Crippen molar-refractivity contribution in [3.05, 3.63) is 35.9 Å². The Kier molecular flexibility index (Phi) is 4.57. The van der Waals surface area contributed by atoms with Gasteiger partial charge in [-0.15, -0.1) is 0 Å². The molecule has 1 aromatic carbocycles. The van der Waals surface area contributed by atoms with Crippen molar-refractivity contribution < 1.29 is 5.11 Å². The third-order valence-electron chi connectivity index (χ3n) is 3.80. The fourth-order valence-electron chi connectivity index (χ4n) is 2.66. The second-order valence-electron chi connectivity index (χ2n) is 5.06. The Morgan fingerprint density at radius 3 is 2.47 bits per heavy atom. The number of hydrogen-bond acceptors (Lipinski definition) is 2. The predicted octanol–water partition coefficient (Wildman–Crippen LogP) is 2.67. The van der Waals surface area contributed by atoms with Gasteiger partial charge in [-0.1, -0.05) is 37.3 Å². The van der Waals surface area contributed by atoms with Crippen LogP contribution in [0.15, 0.2) is 30.3 Å². The van der Waals surface area contributed by atoms with Gasteiger partial charge < -0.3 is 5.11 Å². The Hall–Kier alpha value is -0.860. The van der Waals surface area contributed by atoms with E-state index >= 15 is 0 Å². The summed E-state index contributed by atoms with van der Waals surface area (Å²) in [7, 11) is 0. The maximum Gasteiger partial charge on any atom is 0.107 e. The molecule has 1 aliphatic heterocycles. The van der Waals surface area contributed by atoms with E-state index in [1.807, 2.05) is 6.92 Å². The summed E-state index contributed by atoms with van der Waals surface area (Å²) in [6.07, 6.45) is 4.23. The number of likely N-dealkylation sites (tertiary alicyclic amines) is 1. The average molecular weight is 233 g/mol. The molecule has 0 aromatic heterocycles. The average Bonchev–Trinajstić information content (AvgIpc) is 2.40. The summed E-state index contributed by atoms with van der Waals surface area (Å²) in [6, 6.07) is 10.7. The van der Waals surface area contributed by atoms with Crippen LogP contribution in [0.4, 0.5) is 0 Å². The molecule has 1 aromatic rings. The summed E-state index contributed by atoms with van der Waals surface area (Å²) in [4.78, 5) is 2.21. The van der Waals surface area contributed by atoms with Crippen LogP contribution in [-0.4, -0.2) is 29.3 Å². The van der Waals surface area contributed by atoms with E-state index in [9.17, 15) is 5.11 Å². The van der Waals surface area contributed by atoms with Gasteiger partial charge in [0.25, 0.3) is 0 Å². The van der Waals surface area contributed by atoms with Gasteiger partial charge in [0.05, 0.1) is 0 Å². The fourth-order valence-corrected chi connectivity index (χ4v) is 2.66. The lowest BCUT2D eigenvalue weighted by Crippen LogP contribution is -2.41. The zero-order valence-electron chi connectivity index (χ0n) is 10.7. The van der Waals surface area contributed by atoms with E-state index in [1.165, 1.54) is 24.8 Å². The molecule has 94 valence electrons. The molecular weight excluding hydrogens is 210 g/mol. The summed E-state index contributed by atoms with van der Waals surface area (Å²) in [5.41, 5.74) is 1.45. The zero-order chi connectivity index (χ0) is 12.1. The van der Waals surface area contributed by atoms with Crippen molar-refractivity contribution in [1.29, 1.82) is 0 Å². The van der Waals surface area contributed by atoms with Crippen LogP contribution >= 0.6 is 0 Å². The molecule has 0 amide bonds. The molecule has 1 atom stereocenters. The molecule has 1 aliphatic rings. The lowest BCUT2D eigenvalue weighted by Gasteiger charge is -2.34. The topological polar surface area (TPSA) is 23.5 Å². The Labute approximate surface area is 104 Å². The van der Waals surface area contributed by atoms with Crippen LogP contribution in [-0.2, 0) is 6.42 Å². The minimum absolute atomic E-state index is 0.229. The smallest absolute Gasteiger partial charge is 0.107 e. The van der Waals surface area contributed by atoms with Gasteiger partial charge >= 0.3 is 0 Å². The number of nitrogens with zero attached hydrogens (tertiary/aromatic N) is 1. The molecule has 0 spiro atoms. The van der Waals surface area contributed by atoms with E-state index in [2.05, 4.69) is 35.2 Å². The molecule has 1 unspecified atom stereocenters. The third kappa shape index (κ3) is 3.55. The molecule has 0 aliphatic carbocycles. The summed E-state index contributed by atoms with van der Waals surface area (Å²) < 4.78 is 0. The van der Waals surface area contributed by atoms with Crippen LogP contribution in [0, 0.1) is 5.92 Å². The first-order valence-corrected chi connectivity index (χ1v) is 6.75. The summed E-state index contributed by atoms with van der Waals surface area (Å²) in [5.74, 6) is 0.790. The van der Waals surface area contributed by atoms with Crippen LogP contribution in [0.5, 0.6) is 0 Å². The maximum atomic E-state index is 9.78. The van der Waals surface area contributed by atoms with E-state index in [4.69, 9.17) is 0 Å². The second-order valence-corrected chi connectivity index (χ2v) is 5.06. The SMILES string of the molecule is CCC(O)N1CCC(Cc2ccccc2)CC1. The van der Waals surface area contributed by atoms with Gasteiger partial charge in [0.15, 0.2) is 0 Å². The molecule has 2 nitrogen and oxygen atoms in total. The quantitative estimate of drug-likeness (QED) is 0.864. The molecule has 1 heterocycles. The summed E-state index contributed by atoms with van der Waals surface area (Å²) >= 11 is 0. The molecule has 1 N–H and O–H groups in total. The zero-order valence-corrected chi connectivity index (χ0v) is 10.7. The number of aliphatic hydroxyl groups excluding tert-OH is 1. The minimum atomic E-state index is -0.229. The lowest BCUT2D eigenvalue weighted by atomic mass is 9.90. The number of rotatable bonds is 4. The second kappa shape index (κ2) is 6.18. The van der Waals surface area contributed by atoms with Crippen molar-refractivity contribution in [3.63, 3.8) is 0 Å². The van der Waals surface area contributed by atoms with Gasteiger partial charge in [0.1, 0.15) is 6.23 Å². The van der Waals surface area contributed by atoms with E-state index in [0.717, 1.165) is 25.4 Å². The summed E-state index contributed by atoms with van der Waals surface area (Å²) in [5, 5.41) is 9.78. The number of hydrogen-bond donors (Lipinski definition) is 1. The van der Waals surface area contributed by atoms with Gasteiger partial charge in [-0.25, -0.2) is 0 Å². The van der Waals surface area contributed by atoms with Gasteiger partial charge in [-0.3, -0.25) is 4.90 Å². The molecule has 1 saturated heterocycles. The summed E-state index contributed by atoms with van der Waals surface area (Å²) in [6.45, 7) is 4.14. The monoisotopic (exact) mass is 233 g/mol. The molecule has 0 bridgehead atoms. The molecule has 2 rings (SSSR count). The Morgan fingerprint density at radius 1 is 1.24 bits per heavy atom. The minimum Gasteiger partial charge on any atom is -0.378 e. The molecule has 1 fully saturated rings. The maximum absolute atomic E-state index is 9.78. The number of piperidine rings is 1. The largest absolute Gasteiger partial charge is 0.378 e. The molecule has 0 radical (unpaired) electrons. The molecule has 17 heavy (non-hydrogen) atoms. The number of benzene rings is 1. The highest BCUT2D eigenvalue weighted by atomic mass is 16.3. The van der Waals surface area contributed by atoms with Crippen LogP contribution < -0.4 is 0 Å². The first-order chi connectivity index (χ1) is 8.29. The van der Waals surface area contributed by atoms with Crippen molar-refractivity contribution in [2.45, 2.75) is 38.8 Å². The normalized spacial score (nSPS) is 20.4. The van der Waals surface area contributed by atoms with Crippen molar-refractivity contribution in [2.75, 3.05) is 13.1 Å². The van der Waals surface area contributed by atoms with Crippen molar-refractivity contribution >= 4 is 0 Å². The highest BCUT2D eigenvalue weighted by Crippen LogP contribution is 2.22. The number of aliphatic hydroxyl groups is 1. The van der Waals surface area contributed by atoms with Crippen LogP contribution in [0.1, 0.15) is 31.7 Å². The van der Waals surface area contributed by atoms with Gasteiger partial charge in [0.2, 0.25) is 0 Å². The molecule has 0 saturated carbocycles.